The Morgan fingerprint density at radius 3 is 2.25 bits per heavy atom. The second-order valence-corrected chi connectivity index (χ2v) is 8.55. The van der Waals surface area contributed by atoms with Crippen molar-refractivity contribution in [3.8, 4) is 22.3 Å². The summed E-state index contributed by atoms with van der Waals surface area (Å²) in [5.74, 6) is -0.555. The normalized spacial score (nSPS) is 11.2. The third-order valence-electron chi connectivity index (χ3n) is 6.36. The Hall–Kier alpha value is -4.84. The Morgan fingerprint density at radius 1 is 0.722 bits per heavy atom. The molecule has 6 nitrogen and oxygen atoms in total. The van der Waals surface area contributed by atoms with Gasteiger partial charge in [-0.15, -0.1) is 0 Å². The Bertz CT molecular complexity index is 1620. The van der Waals surface area contributed by atoms with E-state index in [4.69, 9.17) is 4.74 Å². The monoisotopic (exact) mass is 471 g/mol. The molecule has 6 heteroatoms. The first-order chi connectivity index (χ1) is 17.7. The molecule has 174 valence electrons. The molecule has 0 saturated heterocycles. The molecule has 0 saturated carbocycles. The third kappa shape index (κ3) is 3.88. The number of fused-ring (bicyclic) bond motifs is 3. The average molecular weight is 472 g/mol. The summed E-state index contributed by atoms with van der Waals surface area (Å²) in [6.07, 6.45) is 3.38. The zero-order valence-corrected chi connectivity index (χ0v) is 19.3. The number of nitrogens with one attached hydrogen (secondary N) is 1. The van der Waals surface area contributed by atoms with E-state index in [2.05, 4.69) is 15.3 Å². The lowest BCUT2D eigenvalue weighted by Gasteiger charge is -2.09. The van der Waals surface area contributed by atoms with Gasteiger partial charge in [0.25, 0.3) is 5.91 Å². The summed E-state index contributed by atoms with van der Waals surface area (Å²) >= 11 is 0. The maximum absolute atomic E-state index is 13.0. The lowest BCUT2D eigenvalue weighted by atomic mass is 9.98. The van der Waals surface area contributed by atoms with Crippen LogP contribution in [0.15, 0.2) is 97.3 Å². The maximum atomic E-state index is 13.0. The third-order valence-corrected chi connectivity index (χ3v) is 6.36. The van der Waals surface area contributed by atoms with Gasteiger partial charge >= 0.3 is 5.97 Å². The van der Waals surface area contributed by atoms with E-state index in [-0.39, 0.29) is 12.5 Å². The van der Waals surface area contributed by atoms with Crippen molar-refractivity contribution in [2.45, 2.75) is 13.2 Å². The molecule has 0 bridgehead atoms. The molecule has 36 heavy (non-hydrogen) atoms. The maximum Gasteiger partial charge on any atom is 0.339 e. The number of esters is 1. The highest BCUT2D eigenvalue weighted by atomic mass is 16.5. The van der Waals surface area contributed by atoms with Crippen LogP contribution >= 0.6 is 0 Å². The molecule has 1 aliphatic rings. The number of benzene rings is 3. The van der Waals surface area contributed by atoms with E-state index < -0.39 is 5.97 Å². The Morgan fingerprint density at radius 2 is 1.47 bits per heavy atom. The summed E-state index contributed by atoms with van der Waals surface area (Å²) in [4.78, 5) is 34.3. The number of aromatic nitrogens is 2. The van der Waals surface area contributed by atoms with Crippen LogP contribution in [0.5, 0.6) is 0 Å². The Labute approximate surface area is 207 Å². The summed E-state index contributed by atoms with van der Waals surface area (Å²) in [6.45, 7) is 0.469. The molecule has 1 amide bonds. The molecule has 6 rings (SSSR count). The number of hydrogen-bond donors (Lipinski definition) is 1. The highest BCUT2D eigenvalue weighted by Gasteiger charge is 2.25. The number of pyridine rings is 2. The molecule has 1 aliphatic carbocycles. The van der Waals surface area contributed by atoms with Gasteiger partial charge in [-0.1, -0.05) is 42.5 Å². The van der Waals surface area contributed by atoms with E-state index in [9.17, 15) is 9.59 Å². The highest BCUT2D eigenvalue weighted by Crippen LogP contribution is 2.48. The predicted octanol–water partition coefficient (Wildman–Crippen LogP) is 5.56. The molecule has 0 atom stereocenters. The fourth-order valence-corrected chi connectivity index (χ4v) is 4.65. The molecular formula is C30H21N3O3. The lowest BCUT2D eigenvalue weighted by Crippen LogP contribution is -2.23. The van der Waals surface area contributed by atoms with Crippen molar-refractivity contribution >= 4 is 22.6 Å². The van der Waals surface area contributed by atoms with Crippen LogP contribution in [0.1, 0.15) is 32.1 Å². The van der Waals surface area contributed by atoms with E-state index in [1.54, 1.807) is 18.5 Å². The Balaban J connectivity index is 1.29. The van der Waals surface area contributed by atoms with Crippen LogP contribution < -0.4 is 5.32 Å². The molecule has 5 aromatic rings. The van der Waals surface area contributed by atoms with Crippen molar-refractivity contribution in [2.75, 3.05) is 0 Å². The van der Waals surface area contributed by atoms with E-state index in [1.807, 2.05) is 78.9 Å². The van der Waals surface area contributed by atoms with Crippen LogP contribution in [-0.4, -0.2) is 21.8 Å². The first-order valence-electron chi connectivity index (χ1n) is 11.6. The predicted molar refractivity (Wildman–Crippen MR) is 137 cm³/mol. The van der Waals surface area contributed by atoms with Gasteiger partial charge in [0.1, 0.15) is 6.61 Å². The topological polar surface area (TPSA) is 81.2 Å². The van der Waals surface area contributed by atoms with Crippen LogP contribution in [0.25, 0.3) is 33.0 Å². The Kier molecular flexibility index (Phi) is 5.46. The van der Waals surface area contributed by atoms with Crippen LogP contribution in [0.2, 0.25) is 0 Å². The van der Waals surface area contributed by atoms with Crippen molar-refractivity contribution in [3.05, 3.63) is 120 Å². The zero-order chi connectivity index (χ0) is 24.5. The molecule has 2 aromatic heterocycles. The number of hydrogen-bond acceptors (Lipinski definition) is 5. The van der Waals surface area contributed by atoms with Crippen molar-refractivity contribution in [1.82, 2.24) is 15.3 Å². The van der Waals surface area contributed by atoms with E-state index in [0.717, 1.165) is 38.7 Å². The van der Waals surface area contributed by atoms with Crippen LogP contribution in [-0.2, 0) is 17.9 Å². The van der Waals surface area contributed by atoms with Gasteiger partial charge in [-0.25, -0.2) is 4.79 Å². The minimum Gasteiger partial charge on any atom is -0.456 e. The molecular weight excluding hydrogens is 450 g/mol. The largest absolute Gasteiger partial charge is 0.456 e. The van der Waals surface area contributed by atoms with Gasteiger partial charge in [0.2, 0.25) is 0 Å². The molecule has 0 fully saturated rings. The summed E-state index contributed by atoms with van der Waals surface area (Å²) in [5, 5.41) is 4.75. The SMILES string of the molecule is O=C(NCc1ccccn1)c1ccc2c(c1)-c1ccc(C(=O)OCc3ccccn3)c3cccc-2c13. The van der Waals surface area contributed by atoms with Gasteiger partial charge in [-0.05, 0) is 75.5 Å². The van der Waals surface area contributed by atoms with Gasteiger partial charge in [0.15, 0.2) is 0 Å². The van der Waals surface area contributed by atoms with E-state index >= 15 is 0 Å². The number of amides is 1. The van der Waals surface area contributed by atoms with E-state index in [1.165, 1.54) is 0 Å². The van der Waals surface area contributed by atoms with Crippen LogP contribution in [0, 0.1) is 0 Å². The standard InChI is InChI=1S/C30H21N3O3/c34-29(33-17-20-6-1-3-14-31-20)19-10-11-22-23-8-5-9-24-26(13-12-25(28(23)24)27(22)16-19)30(35)36-18-21-7-2-4-15-32-21/h1-16H,17-18H2,(H,33,34). The van der Waals surface area contributed by atoms with Crippen LogP contribution in [0.3, 0.4) is 0 Å². The first kappa shape index (κ1) is 21.7. The second kappa shape index (κ2) is 9.07. The molecule has 1 N–H and O–H groups in total. The fraction of sp³-hybridized carbons (Fsp3) is 0.0667. The lowest BCUT2D eigenvalue weighted by molar-refractivity contribution is 0.0470. The summed E-state index contributed by atoms with van der Waals surface area (Å²) < 4.78 is 5.55. The minimum absolute atomic E-state index is 0.111. The minimum atomic E-state index is -0.394. The fourth-order valence-electron chi connectivity index (χ4n) is 4.65. The molecule has 0 radical (unpaired) electrons. The first-order valence-corrected chi connectivity index (χ1v) is 11.6. The van der Waals surface area contributed by atoms with Gasteiger partial charge in [0.05, 0.1) is 23.5 Å². The molecule has 2 heterocycles. The molecule has 3 aromatic carbocycles. The molecule has 0 aliphatic heterocycles. The smallest absolute Gasteiger partial charge is 0.339 e. The molecule has 0 spiro atoms. The van der Waals surface area contributed by atoms with Crippen molar-refractivity contribution in [1.29, 1.82) is 0 Å². The van der Waals surface area contributed by atoms with Gasteiger partial charge in [-0.3, -0.25) is 14.8 Å². The van der Waals surface area contributed by atoms with Crippen LogP contribution in [0.4, 0.5) is 0 Å². The number of carbonyl (C=O) groups is 2. The van der Waals surface area contributed by atoms with Crippen molar-refractivity contribution < 1.29 is 14.3 Å². The van der Waals surface area contributed by atoms with Gasteiger partial charge in [0, 0.05) is 18.0 Å². The van der Waals surface area contributed by atoms with Crippen molar-refractivity contribution in [2.24, 2.45) is 0 Å². The van der Waals surface area contributed by atoms with Gasteiger partial charge < -0.3 is 10.1 Å². The number of nitrogens with zero attached hydrogens (tertiary/aromatic N) is 2. The average Bonchev–Trinajstić information content (AvgIpc) is 3.26. The summed E-state index contributed by atoms with van der Waals surface area (Å²) in [6, 6.07) is 26.5. The zero-order valence-electron chi connectivity index (χ0n) is 19.3. The number of rotatable bonds is 6. The quantitative estimate of drug-likeness (QED) is 0.322. The second-order valence-electron chi connectivity index (χ2n) is 8.55. The summed E-state index contributed by atoms with van der Waals surface area (Å²) in [5.41, 5.74) is 6.62. The molecule has 0 unspecified atom stereocenters. The number of ether oxygens (including phenoxy) is 1. The van der Waals surface area contributed by atoms with E-state index in [0.29, 0.717) is 23.4 Å². The van der Waals surface area contributed by atoms with Gasteiger partial charge in [-0.2, -0.15) is 0 Å². The highest BCUT2D eigenvalue weighted by molar-refractivity contribution is 6.20. The van der Waals surface area contributed by atoms with Crippen molar-refractivity contribution in [3.63, 3.8) is 0 Å². The number of carbonyl (C=O) groups excluding carboxylic acids is 2. The summed E-state index contributed by atoms with van der Waals surface area (Å²) in [7, 11) is 0.